The average Bonchev–Trinajstić information content (AvgIpc) is 3.97. The molecule has 0 radical (unpaired) electrons. The van der Waals surface area contributed by atoms with E-state index in [9.17, 15) is 0 Å². The highest BCUT2D eigenvalue weighted by atomic mass is 16.6. The average molecular weight is 705 g/mol. The van der Waals surface area contributed by atoms with E-state index in [0.717, 1.165) is 86.8 Å². The number of hydrogen-bond acceptors (Lipinski definition) is 10. The van der Waals surface area contributed by atoms with Gasteiger partial charge >= 0.3 is 0 Å². The topological polar surface area (TPSA) is 109 Å². The molecule has 5 aromatic rings. The lowest BCUT2D eigenvalue weighted by molar-refractivity contribution is 0.258. The van der Waals surface area contributed by atoms with E-state index < -0.39 is 0 Å². The smallest absolute Gasteiger partial charge is 0.124 e. The van der Waals surface area contributed by atoms with Crippen LogP contribution in [0.5, 0.6) is 28.7 Å². The van der Waals surface area contributed by atoms with Crippen LogP contribution in [-0.2, 0) is 23.7 Å². The van der Waals surface area contributed by atoms with Crippen LogP contribution in [0.4, 0.5) is 0 Å². The molecule has 0 bridgehead atoms. The molecule has 10 nitrogen and oxygen atoms in total. The van der Waals surface area contributed by atoms with Gasteiger partial charge in [0, 0.05) is 17.0 Å². The van der Waals surface area contributed by atoms with E-state index in [1.54, 1.807) is 0 Å². The van der Waals surface area contributed by atoms with Crippen molar-refractivity contribution in [1.29, 1.82) is 0 Å². The molecule has 5 saturated heterocycles. The molecule has 10 rings (SSSR count). The van der Waals surface area contributed by atoms with Gasteiger partial charge in [-0.3, -0.25) is 0 Å². The van der Waals surface area contributed by atoms with E-state index >= 15 is 0 Å². The van der Waals surface area contributed by atoms with Gasteiger partial charge in [0.1, 0.15) is 92.3 Å². The Labute approximate surface area is 301 Å². The Kier molecular flexibility index (Phi) is 8.49. The summed E-state index contributed by atoms with van der Waals surface area (Å²) in [6.07, 6.45) is 0.587. The molecular formula is C42H40O10. The first-order valence-corrected chi connectivity index (χ1v) is 18.2. The van der Waals surface area contributed by atoms with Crippen molar-refractivity contribution in [2.75, 3.05) is 66.1 Å². The molecule has 268 valence electrons. The van der Waals surface area contributed by atoms with Crippen molar-refractivity contribution in [2.45, 2.75) is 36.4 Å². The van der Waals surface area contributed by atoms with E-state index in [1.165, 1.54) is 0 Å². The fourth-order valence-electron chi connectivity index (χ4n) is 6.62. The minimum atomic E-state index is -0.345. The molecular weight excluding hydrogens is 664 g/mol. The van der Waals surface area contributed by atoms with Crippen LogP contribution in [0.3, 0.4) is 0 Å². The third-order valence-corrected chi connectivity index (χ3v) is 9.95. The van der Waals surface area contributed by atoms with Gasteiger partial charge < -0.3 is 47.4 Å². The first kappa shape index (κ1) is 32.1. The Morgan fingerprint density at radius 3 is 1.17 bits per heavy atom. The first-order chi connectivity index (χ1) is 25.7. The lowest BCUT2D eigenvalue weighted by atomic mass is 9.79. The van der Waals surface area contributed by atoms with Crippen LogP contribution < -0.4 is 23.7 Å². The van der Waals surface area contributed by atoms with Gasteiger partial charge in [0.05, 0.1) is 33.0 Å². The van der Waals surface area contributed by atoms with Gasteiger partial charge in [-0.25, -0.2) is 0 Å². The largest absolute Gasteiger partial charge is 0.491 e. The maximum Gasteiger partial charge on any atom is 0.124 e. The summed E-state index contributed by atoms with van der Waals surface area (Å²) >= 11 is 0. The van der Waals surface area contributed by atoms with Crippen molar-refractivity contribution in [3.63, 3.8) is 0 Å². The van der Waals surface area contributed by atoms with Crippen molar-refractivity contribution < 1.29 is 47.4 Å². The highest BCUT2D eigenvalue weighted by molar-refractivity contribution is 5.95. The lowest BCUT2D eigenvalue weighted by Gasteiger charge is -2.27. The second kappa shape index (κ2) is 13.8. The van der Waals surface area contributed by atoms with E-state index in [4.69, 9.17) is 47.4 Å². The molecule has 0 spiro atoms. The van der Waals surface area contributed by atoms with Crippen LogP contribution in [-0.4, -0.2) is 96.6 Å². The summed E-state index contributed by atoms with van der Waals surface area (Å²) in [7, 11) is 0. The molecule has 5 fully saturated rings. The molecule has 0 saturated carbocycles. The standard InChI is InChI=1S/C42H40O10/c1-9-29(44-16-32-19-47-32)13-36-25(1)5-11-38(51-23-34-21-49-34)41(36)40(27-3-7-28(8-4-27)43-15-31-18-46-31)42-37-14-30(45-17-33-20-48-33)10-2-26(37)6-12-39(42)52-24-35-22-50-35/h1-14,31-35,40H,15-24H2. The van der Waals surface area contributed by atoms with E-state index in [0.29, 0.717) is 46.2 Å². The molecule has 0 amide bonds. The van der Waals surface area contributed by atoms with Gasteiger partial charge in [-0.15, -0.1) is 0 Å². The Balaban J connectivity index is 1.17. The molecule has 10 heteroatoms. The predicted molar refractivity (Wildman–Crippen MR) is 191 cm³/mol. The maximum atomic E-state index is 6.67. The van der Waals surface area contributed by atoms with Crippen molar-refractivity contribution >= 4 is 21.5 Å². The highest BCUT2D eigenvalue weighted by Gasteiger charge is 2.32. The molecule has 5 heterocycles. The minimum absolute atomic E-state index is 0.0761. The molecule has 5 aliphatic rings. The zero-order chi connectivity index (χ0) is 34.4. The SMILES string of the molecule is c1cc(C(c2c(OCC3CO3)ccc3ccc(OCC4CO4)cc23)c2c(OCC3CO3)ccc3ccc(OCC4CO4)cc23)ccc1OCC1CO1. The number of hydrogen-bond donors (Lipinski definition) is 0. The van der Waals surface area contributed by atoms with Crippen LogP contribution in [0, 0.1) is 0 Å². The lowest BCUT2D eigenvalue weighted by Crippen LogP contribution is -2.14. The summed E-state index contributed by atoms with van der Waals surface area (Å²) in [6, 6.07) is 29.2. The fraction of sp³-hybridized carbons (Fsp3) is 0.381. The number of ether oxygens (including phenoxy) is 10. The quantitative estimate of drug-likeness (QED) is 0.0789. The Morgan fingerprint density at radius 1 is 0.423 bits per heavy atom. The minimum Gasteiger partial charge on any atom is -0.491 e. The molecule has 0 N–H and O–H groups in total. The van der Waals surface area contributed by atoms with Crippen molar-refractivity contribution in [3.8, 4) is 28.7 Å². The number of rotatable bonds is 18. The monoisotopic (exact) mass is 704 g/mol. The molecule has 5 aromatic carbocycles. The van der Waals surface area contributed by atoms with Gasteiger partial charge in [0.25, 0.3) is 0 Å². The fourth-order valence-corrected chi connectivity index (χ4v) is 6.62. The van der Waals surface area contributed by atoms with Gasteiger partial charge in [-0.1, -0.05) is 36.4 Å². The summed E-state index contributed by atoms with van der Waals surface area (Å²) in [5, 5.41) is 4.17. The summed E-state index contributed by atoms with van der Waals surface area (Å²) in [5.41, 5.74) is 3.05. The maximum absolute atomic E-state index is 6.67. The number of fused-ring (bicyclic) bond motifs is 2. The van der Waals surface area contributed by atoms with Crippen molar-refractivity contribution in [2.24, 2.45) is 0 Å². The molecule has 52 heavy (non-hydrogen) atoms. The first-order valence-electron chi connectivity index (χ1n) is 18.2. The second-order valence-electron chi connectivity index (χ2n) is 14.1. The Bertz CT molecular complexity index is 1930. The molecule has 5 aliphatic heterocycles. The van der Waals surface area contributed by atoms with Gasteiger partial charge in [-0.2, -0.15) is 0 Å². The Hall–Kier alpha value is -4.58. The molecule has 5 unspecified atom stereocenters. The molecule has 5 atom stereocenters. The number of benzene rings is 5. The normalized spacial score (nSPS) is 24.3. The van der Waals surface area contributed by atoms with E-state index in [2.05, 4.69) is 60.7 Å². The third-order valence-electron chi connectivity index (χ3n) is 9.95. The second-order valence-corrected chi connectivity index (χ2v) is 14.1. The number of epoxide rings is 5. The summed E-state index contributed by atoms with van der Waals surface area (Å²) < 4.78 is 59.4. The molecule has 0 aliphatic carbocycles. The highest BCUT2D eigenvalue weighted by Crippen LogP contribution is 2.49. The van der Waals surface area contributed by atoms with E-state index in [1.807, 2.05) is 24.3 Å². The van der Waals surface area contributed by atoms with Gasteiger partial charge in [0.2, 0.25) is 0 Å². The van der Waals surface area contributed by atoms with Crippen LogP contribution >= 0.6 is 0 Å². The van der Waals surface area contributed by atoms with Crippen LogP contribution in [0.1, 0.15) is 22.6 Å². The zero-order valence-corrected chi connectivity index (χ0v) is 28.7. The van der Waals surface area contributed by atoms with Crippen LogP contribution in [0.25, 0.3) is 21.5 Å². The van der Waals surface area contributed by atoms with Gasteiger partial charge in [-0.05, 0) is 75.6 Å². The van der Waals surface area contributed by atoms with Crippen LogP contribution in [0.2, 0.25) is 0 Å². The van der Waals surface area contributed by atoms with Crippen molar-refractivity contribution in [1.82, 2.24) is 0 Å². The van der Waals surface area contributed by atoms with Gasteiger partial charge in [0.15, 0.2) is 0 Å². The Morgan fingerprint density at radius 2 is 0.769 bits per heavy atom. The third kappa shape index (κ3) is 7.49. The van der Waals surface area contributed by atoms with Crippen LogP contribution in [0.15, 0.2) is 84.9 Å². The zero-order valence-electron chi connectivity index (χ0n) is 28.7. The predicted octanol–water partition coefficient (Wildman–Crippen LogP) is 6.06. The summed E-state index contributed by atoms with van der Waals surface area (Å²) in [6.45, 7) is 6.03. The molecule has 0 aromatic heterocycles. The summed E-state index contributed by atoms with van der Waals surface area (Å²) in [4.78, 5) is 0. The van der Waals surface area contributed by atoms with Crippen molar-refractivity contribution in [3.05, 3.63) is 102 Å². The van der Waals surface area contributed by atoms with E-state index in [-0.39, 0.29) is 36.4 Å². The summed E-state index contributed by atoms with van der Waals surface area (Å²) in [5.74, 6) is 3.53.